The fraction of sp³-hybridized carbons (Fsp3) is 0.409. The van der Waals surface area contributed by atoms with Crippen molar-refractivity contribution in [3.8, 4) is 0 Å². The van der Waals surface area contributed by atoms with E-state index in [4.69, 9.17) is 0 Å². The van der Waals surface area contributed by atoms with Crippen LogP contribution in [0.15, 0.2) is 83.9 Å². The molecule has 2 aromatic carbocycles. The van der Waals surface area contributed by atoms with Gasteiger partial charge in [0.25, 0.3) is 11.8 Å². The standard InChI is InChI=1S/C22H24F4N4OS.C19H22N4OS.C3H6/c1-3-22(25,26)21-28-12-15(20(31)29-18(9-10-32-2)13-7-8-13)19(30-21)27-11-14-16(23)5-4-6-17(14)24;1-25-11-5-10-20-19(24)16-13-22-17(15-8-9-15)23-18(16)21-12-14-6-3-2-4-7-14;1-2-3-1/h4-6,9-10,12-13,18H,3,7-8,11H2,1-2H3,(H,29,31)(H,27,28,30);2-7,11,13,15H,8-10,12H2,1H3,(H,20,24)(H,21,22,23);1-3H2/b10-9+;11-5+;. The maximum atomic E-state index is 14.2. The van der Waals surface area contributed by atoms with Crippen LogP contribution < -0.4 is 21.3 Å². The van der Waals surface area contributed by atoms with Crippen LogP contribution in [0, 0.1) is 17.6 Å². The highest BCUT2D eigenvalue weighted by molar-refractivity contribution is 8.01. The molecule has 7 rings (SSSR count). The number of alkyl halides is 2. The molecule has 60 heavy (non-hydrogen) atoms. The minimum absolute atomic E-state index is 0.0828. The van der Waals surface area contributed by atoms with E-state index in [1.54, 1.807) is 18.0 Å². The average molecular weight is 865 g/mol. The molecule has 1 unspecified atom stereocenters. The first-order chi connectivity index (χ1) is 29.0. The summed E-state index contributed by atoms with van der Waals surface area (Å²) in [6, 6.07) is 13.2. The van der Waals surface area contributed by atoms with Crippen molar-refractivity contribution >= 4 is 47.0 Å². The molecule has 0 aliphatic heterocycles. The third kappa shape index (κ3) is 14.6. The predicted molar refractivity (Wildman–Crippen MR) is 233 cm³/mol. The zero-order chi connectivity index (χ0) is 42.9. The smallest absolute Gasteiger partial charge is 0.306 e. The molecule has 3 fully saturated rings. The van der Waals surface area contributed by atoms with E-state index < -0.39 is 35.7 Å². The summed E-state index contributed by atoms with van der Waals surface area (Å²) in [6.45, 7) is 2.01. The lowest BCUT2D eigenvalue weighted by Gasteiger charge is -2.18. The van der Waals surface area contributed by atoms with E-state index in [1.165, 1.54) is 44.0 Å². The number of carbonyl (C=O) groups excluding carboxylic acids is 2. The largest absolute Gasteiger partial charge is 0.365 e. The van der Waals surface area contributed by atoms with Crippen LogP contribution in [-0.4, -0.2) is 56.8 Å². The van der Waals surface area contributed by atoms with Crippen molar-refractivity contribution in [2.24, 2.45) is 5.92 Å². The summed E-state index contributed by atoms with van der Waals surface area (Å²) in [5.41, 5.74) is 1.25. The highest BCUT2D eigenvalue weighted by Gasteiger charge is 2.35. The maximum Gasteiger partial charge on any atom is 0.306 e. The second-order valence-corrected chi connectivity index (χ2v) is 15.9. The van der Waals surface area contributed by atoms with Crippen molar-refractivity contribution in [3.05, 3.63) is 129 Å². The average Bonchev–Trinajstić information content (AvgIpc) is 4.08. The highest BCUT2D eigenvalue weighted by atomic mass is 32.2. The Morgan fingerprint density at radius 2 is 1.45 bits per heavy atom. The Bertz CT molecular complexity index is 2060. The fourth-order valence-corrected chi connectivity index (χ4v) is 6.08. The number of rotatable bonds is 18. The summed E-state index contributed by atoms with van der Waals surface area (Å²) in [5, 5.41) is 15.5. The quantitative estimate of drug-likeness (QED) is 0.0717. The molecule has 2 heterocycles. The molecule has 16 heteroatoms. The van der Waals surface area contributed by atoms with Crippen LogP contribution in [0.1, 0.15) is 108 Å². The van der Waals surface area contributed by atoms with Gasteiger partial charge in [0.15, 0.2) is 0 Å². The van der Waals surface area contributed by atoms with E-state index in [0.29, 0.717) is 36.3 Å². The van der Waals surface area contributed by atoms with Gasteiger partial charge in [-0.15, -0.1) is 23.5 Å². The van der Waals surface area contributed by atoms with Crippen molar-refractivity contribution in [1.29, 1.82) is 0 Å². The number of amides is 2. The first kappa shape index (κ1) is 46.1. The summed E-state index contributed by atoms with van der Waals surface area (Å²) in [5.74, 6) is -4.44. The Morgan fingerprint density at radius 1 is 0.817 bits per heavy atom. The fourth-order valence-electron chi connectivity index (χ4n) is 5.47. The van der Waals surface area contributed by atoms with E-state index in [0.717, 1.165) is 55.4 Å². The van der Waals surface area contributed by atoms with E-state index in [1.807, 2.05) is 65.8 Å². The Hall–Kier alpha value is -4.96. The summed E-state index contributed by atoms with van der Waals surface area (Å²) in [7, 11) is 0. The number of nitrogens with zero attached hydrogens (tertiary/aromatic N) is 4. The number of hydrogen-bond donors (Lipinski definition) is 4. The molecule has 2 aromatic heterocycles. The summed E-state index contributed by atoms with van der Waals surface area (Å²) in [4.78, 5) is 41.9. The molecule has 3 aliphatic carbocycles. The first-order valence-electron chi connectivity index (χ1n) is 20.1. The van der Waals surface area contributed by atoms with Gasteiger partial charge in [-0.25, -0.2) is 28.7 Å². The Labute approximate surface area is 357 Å². The zero-order valence-corrected chi connectivity index (χ0v) is 35.7. The van der Waals surface area contributed by atoms with Gasteiger partial charge in [0, 0.05) is 49.9 Å². The number of hydrogen-bond acceptors (Lipinski definition) is 10. The molecule has 0 saturated heterocycles. The van der Waals surface area contributed by atoms with Gasteiger partial charge in [0.2, 0.25) is 5.82 Å². The predicted octanol–water partition coefficient (Wildman–Crippen LogP) is 10.00. The lowest BCUT2D eigenvalue weighted by atomic mass is 10.1. The van der Waals surface area contributed by atoms with Crippen LogP contribution in [0.2, 0.25) is 0 Å². The van der Waals surface area contributed by atoms with Gasteiger partial charge in [-0.3, -0.25) is 9.59 Å². The number of thioether (sulfide) groups is 2. The second kappa shape index (κ2) is 23.1. The Balaban J connectivity index is 0.000000217. The molecule has 10 nitrogen and oxygen atoms in total. The number of halogens is 4. The van der Waals surface area contributed by atoms with Gasteiger partial charge in [-0.2, -0.15) is 8.78 Å². The van der Waals surface area contributed by atoms with Crippen molar-refractivity contribution in [2.45, 2.75) is 89.3 Å². The van der Waals surface area contributed by atoms with Gasteiger partial charge in [0.1, 0.15) is 40.2 Å². The van der Waals surface area contributed by atoms with Gasteiger partial charge in [-0.1, -0.05) is 74.7 Å². The molecule has 2 amide bonds. The first-order valence-corrected chi connectivity index (χ1v) is 22.6. The molecular formula is C44H52F4N8O2S2. The third-order valence-electron chi connectivity index (χ3n) is 9.41. The molecule has 0 bridgehead atoms. The SMILES string of the molecule is C1CC1.CCC(F)(F)c1ncc(C(=O)NC(/C=C/SC)C2CC2)c(NCc2c(F)cccc2F)n1.CS/C=C/CNC(=O)c1cnc(C2CC2)nc1NCc1ccccc1. The van der Waals surface area contributed by atoms with Crippen LogP contribution in [0.25, 0.3) is 0 Å². The Morgan fingerprint density at radius 3 is 2.07 bits per heavy atom. The highest BCUT2D eigenvalue weighted by Crippen LogP contribution is 2.38. The molecule has 3 aliphatic rings. The lowest BCUT2D eigenvalue weighted by molar-refractivity contribution is -0.0175. The van der Waals surface area contributed by atoms with Crippen LogP contribution in [0.3, 0.4) is 0 Å². The van der Waals surface area contributed by atoms with Crippen LogP contribution in [0.4, 0.5) is 29.2 Å². The second-order valence-electron chi connectivity index (χ2n) is 14.5. The van der Waals surface area contributed by atoms with Crippen molar-refractivity contribution in [1.82, 2.24) is 30.6 Å². The van der Waals surface area contributed by atoms with Crippen LogP contribution >= 0.6 is 23.5 Å². The number of anilines is 2. The van der Waals surface area contributed by atoms with Crippen LogP contribution in [0.5, 0.6) is 0 Å². The number of nitrogens with one attached hydrogen (secondary N) is 4. The van der Waals surface area contributed by atoms with Crippen molar-refractivity contribution in [3.63, 3.8) is 0 Å². The van der Waals surface area contributed by atoms with Gasteiger partial charge in [-0.05, 0) is 72.6 Å². The van der Waals surface area contributed by atoms with E-state index in [9.17, 15) is 27.2 Å². The zero-order valence-electron chi connectivity index (χ0n) is 34.0. The van der Waals surface area contributed by atoms with E-state index in [2.05, 4.69) is 41.2 Å². The van der Waals surface area contributed by atoms with Gasteiger partial charge < -0.3 is 21.3 Å². The summed E-state index contributed by atoms with van der Waals surface area (Å²) in [6.07, 6.45) is 18.5. The molecule has 0 radical (unpaired) electrons. The lowest BCUT2D eigenvalue weighted by Crippen LogP contribution is -2.36. The van der Waals surface area contributed by atoms with Gasteiger partial charge >= 0.3 is 5.92 Å². The van der Waals surface area contributed by atoms with E-state index in [-0.39, 0.29) is 35.4 Å². The molecule has 4 aromatic rings. The number of aromatic nitrogens is 4. The molecular weight excluding hydrogens is 813 g/mol. The summed E-state index contributed by atoms with van der Waals surface area (Å²) >= 11 is 3.09. The molecule has 320 valence electrons. The molecule has 0 spiro atoms. The molecule has 1 atom stereocenters. The minimum atomic E-state index is -3.31. The number of carbonyl (C=O) groups is 2. The van der Waals surface area contributed by atoms with Crippen molar-refractivity contribution < 1.29 is 27.2 Å². The molecule has 3 saturated carbocycles. The monoisotopic (exact) mass is 864 g/mol. The normalized spacial score (nSPS) is 15.0. The Kier molecular flexibility index (Phi) is 17.8. The maximum absolute atomic E-state index is 14.2. The summed E-state index contributed by atoms with van der Waals surface area (Å²) < 4.78 is 56.3. The van der Waals surface area contributed by atoms with Crippen LogP contribution in [-0.2, 0) is 19.0 Å². The van der Waals surface area contributed by atoms with Crippen molar-refractivity contribution in [2.75, 3.05) is 29.7 Å². The van der Waals surface area contributed by atoms with E-state index >= 15 is 0 Å². The molecule has 4 N–H and O–H groups in total. The topological polar surface area (TPSA) is 134 Å². The van der Waals surface area contributed by atoms with Gasteiger partial charge in [0.05, 0.1) is 6.04 Å². The minimum Gasteiger partial charge on any atom is -0.365 e. The third-order valence-corrected chi connectivity index (χ3v) is 10.3. The number of benzene rings is 2.